The van der Waals surface area contributed by atoms with Gasteiger partial charge < -0.3 is 14.5 Å². The van der Waals surface area contributed by atoms with Crippen LogP contribution < -0.4 is 14.5 Å². The Bertz CT molecular complexity index is 1270. The molecule has 2 aromatic rings. The number of piperidine rings is 1. The average molecular weight is 532 g/mol. The minimum absolute atomic E-state index is 0.0924. The molecule has 2 atom stereocenters. The summed E-state index contributed by atoms with van der Waals surface area (Å²) in [5.74, 6) is -0.352. The number of aromatic nitrogens is 1. The second-order valence-corrected chi connectivity index (χ2v) is 9.95. The van der Waals surface area contributed by atoms with Crippen LogP contribution in [0.3, 0.4) is 0 Å². The summed E-state index contributed by atoms with van der Waals surface area (Å²) in [6.07, 6.45) is -1.54. The van der Waals surface area contributed by atoms with Gasteiger partial charge in [-0.1, -0.05) is 0 Å². The molecule has 3 aliphatic rings. The van der Waals surface area contributed by atoms with E-state index in [0.29, 0.717) is 17.5 Å². The molecule has 2 saturated heterocycles. The highest BCUT2D eigenvalue weighted by molar-refractivity contribution is 7.81. The molecule has 5 rings (SSSR count). The molecule has 194 valence electrons. The predicted molar refractivity (Wildman–Crippen MR) is 131 cm³/mol. The van der Waals surface area contributed by atoms with E-state index in [-0.39, 0.29) is 30.4 Å². The Kier molecular flexibility index (Phi) is 6.32. The molecule has 37 heavy (non-hydrogen) atoms. The first kappa shape index (κ1) is 25.4. The van der Waals surface area contributed by atoms with Crippen LogP contribution in [0.2, 0.25) is 0 Å². The number of benzene rings is 1. The molecule has 1 aliphatic carbocycles. The summed E-state index contributed by atoms with van der Waals surface area (Å²) in [7, 11) is 2.06. The smallest absolute Gasteiger partial charge is 0.419 e. The van der Waals surface area contributed by atoms with Crippen molar-refractivity contribution in [2.45, 2.75) is 49.0 Å². The van der Waals surface area contributed by atoms with Crippen LogP contribution in [-0.4, -0.2) is 58.9 Å². The van der Waals surface area contributed by atoms with Crippen molar-refractivity contribution in [2.24, 2.45) is 0 Å². The number of hydrogen-bond donors (Lipinski definition) is 1. The normalized spacial score (nSPS) is 24.9. The number of nitrogens with zero attached hydrogens (tertiary/aromatic N) is 5. The van der Waals surface area contributed by atoms with Crippen LogP contribution in [0.15, 0.2) is 36.5 Å². The Morgan fingerprint density at radius 2 is 1.84 bits per heavy atom. The van der Waals surface area contributed by atoms with Crippen LogP contribution in [0, 0.1) is 11.3 Å². The fraction of sp³-hybridized carbons (Fsp3) is 0.440. The van der Waals surface area contributed by atoms with Crippen molar-refractivity contribution >= 4 is 35.7 Å². The maximum atomic E-state index is 13.6. The topological polar surface area (TPSA) is 89.8 Å². The second-order valence-electron chi connectivity index (χ2n) is 9.49. The largest absolute Gasteiger partial charge is 0.490 e. The van der Waals surface area contributed by atoms with Gasteiger partial charge in [0.05, 0.1) is 17.4 Å². The Labute approximate surface area is 217 Å². The van der Waals surface area contributed by atoms with Crippen molar-refractivity contribution in [1.82, 2.24) is 9.88 Å². The first-order valence-electron chi connectivity index (χ1n) is 11.8. The number of anilines is 2. The highest BCUT2D eigenvalue weighted by Crippen LogP contribution is 2.49. The summed E-state index contributed by atoms with van der Waals surface area (Å²) >= 11 is 4.57. The Hall–Kier alpha value is -3.30. The number of thiol groups is 1. The molecule has 1 saturated carbocycles. The number of ketones is 1. The molecule has 1 aromatic carbocycles. The SMILES string of the molecule is CN1CCC(Oc2ccc(N3C(S)N(c4cnc(C#N)c(C(F)(F)F)c4)C(=O)C34CCC4=O)cc2)CC1. The molecule has 2 aliphatic heterocycles. The van der Waals surface area contributed by atoms with Crippen molar-refractivity contribution in [3.8, 4) is 11.8 Å². The molecule has 1 aromatic heterocycles. The minimum atomic E-state index is -4.85. The van der Waals surface area contributed by atoms with E-state index in [1.54, 1.807) is 24.3 Å². The molecule has 0 bridgehead atoms. The number of halogens is 3. The second kappa shape index (κ2) is 9.22. The Balaban J connectivity index is 1.46. The number of Topliss-reactive ketones (excluding diaryl/α,β-unsaturated/α-hetero) is 1. The fourth-order valence-corrected chi connectivity index (χ4v) is 5.71. The lowest BCUT2D eigenvalue weighted by molar-refractivity contribution is -0.140. The maximum absolute atomic E-state index is 13.6. The minimum Gasteiger partial charge on any atom is -0.490 e. The van der Waals surface area contributed by atoms with Gasteiger partial charge in [-0.2, -0.15) is 18.4 Å². The van der Waals surface area contributed by atoms with Gasteiger partial charge in [0, 0.05) is 25.2 Å². The van der Waals surface area contributed by atoms with E-state index in [2.05, 4.69) is 29.6 Å². The molecular formula is C25H24F3N5O3S. The van der Waals surface area contributed by atoms with Gasteiger partial charge in [0.2, 0.25) is 0 Å². The van der Waals surface area contributed by atoms with E-state index in [1.165, 1.54) is 11.0 Å². The lowest BCUT2D eigenvalue weighted by Crippen LogP contribution is -2.62. The van der Waals surface area contributed by atoms with Crippen LogP contribution in [0.4, 0.5) is 24.5 Å². The summed E-state index contributed by atoms with van der Waals surface area (Å²) < 4.78 is 46.8. The van der Waals surface area contributed by atoms with E-state index < -0.39 is 34.4 Å². The zero-order valence-electron chi connectivity index (χ0n) is 19.9. The van der Waals surface area contributed by atoms with Crippen LogP contribution in [0.1, 0.15) is 36.9 Å². The zero-order valence-corrected chi connectivity index (χ0v) is 20.8. The van der Waals surface area contributed by atoms with Crippen molar-refractivity contribution < 1.29 is 27.5 Å². The third kappa shape index (κ3) is 4.20. The lowest BCUT2D eigenvalue weighted by Gasteiger charge is -2.42. The quantitative estimate of drug-likeness (QED) is 0.476. The highest BCUT2D eigenvalue weighted by Gasteiger charge is 2.65. The van der Waals surface area contributed by atoms with Crippen LogP contribution >= 0.6 is 12.6 Å². The lowest BCUT2D eigenvalue weighted by atomic mass is 9.73. The Morgan fingerprint density at radius 1 is 1.16 bits per heavy atom. The van der Waals surface area contributed by atoms with Crippen molar-refractivity contribution in [1.29, 1.82) is 5.26 Å². The average Bonchev–Trinajstić information content (AvgIpc) is 3.12. The summed E-state index contributed by atoms with van der Waals surface area (Å²) in [5.41, 5.74) is -4.38. The molecule has 2 unspecified atom stereocenters. The van der Waals surface area contributed by atoms with Gasteiger partial charge in [-0.05, 0) is 56.6 Å². The molecule has 8 nitrogen and oxygen atoms in total. The van der Waals surface area contributed by atoms with Crippen LogP contribution in [0.25, 0.3) is 0 Å². The number of hydrogen-bond acceptors (Lipinski definition) is 8. The summed E-state index contributed by atoms with van der Waals surface area (Å²) in [5, 5.41) is 9.06. The van der Waals surface area contributed by atoms with Crippen molar-refractivity contribution in [3.05, 3.63) is 47.8 Å². The number of amides is 1. The number of ether oxygens (including phenoxy) is 1. The van der Waals surface area contributed by atoms with E-state index in [1.807, 2.05) is 0 Å². The molecule has 0 N–H and O–H groups in total. The van der Waals surface area contributed by atoms with E-state index in [4.69, 9.17) is 10.00 Å². The van der Waals surface area contributed by atoms with Gasteiger partial charge in [0.25, 0.3) is 5.91 Å². The number of nitriles is 1. The molecule has 0 radical (unpaired) electrons. The number of rotatable bonds is 4. The number of carbonyl (C=O) groups excluding carboxylic acids is 2. The van der Waals surface area contributed by atoms with Crippen LogP contribution in [-0.2, 0) is 15.8 Å². The van der Waals surface area contributed by atoms with Gasteiger partial charge in [-0.3, -0.25) is 14.5 Å². The fourth-order valence-electron chi connectivity index (χ4n) is 5.14. The Morgan fingerprint density at radius 3 is 2.38 bits per heavy atom. The predicted octanol–water partition coefficient (Wildman–Crippen LogP) is 3.61. The number of carbonyl (C=O) groups is 2. The van der Waals surface area contributed by atoms with E-state index >= 15 is 0 Å². The van der Waals surface area contributed by atoms with Gasteiger partial charge in [0.15, 0.2) is 22.5 Å². The first-order chi connectivity index (χ1) is 17.6. The van der Waals surface area contributed by atoms with Crippen molar-refractivity contribution in [3.63, 3.8) is 0 Å². The molecule has 1 amide bonds. The molecular weight excluding hydrogens is 507 g/mol. The molecule has 3 fully saturated rings. The van der Waals surface area contributed by atoms with Gasteiger partial charge in [0.1, 0.15) is 17.9 Å². The number of alkyl halides is 3. The van der Waals surface area contributed by atoms with Crippen LogP contribution in [0.5, 0.6) is 5.75 Å². The molecule has 12 heteroatoms. The summed E-state index contributed by atoms with van der Waals surface area (Å²) in [6, 6.07) is 9.07. The molecule has 1 spiro atoms. The third-order valence-corrected chi connectivity index (χ3v) is 7.73. The van der Waals surface area contributed by atoms with Gasteiger partial charge >= 0.3 is 6.18 Å². The van der Waals surface area contributed by atoms with E-state index in [9.17, 15) is 22.8 Å². The number of pyridine rings is 1. The standard InChI is InChI=1S/C25H24F3N5O3S/c1-31-10-7-18(8-11-31)36-17-4-2-15(3-5-17)33-23(37)32(22(35)24(33)9-6-21(24)34)16-12-19(25(26,27)28)20(13-29)30-14-16/h2-5,12,14,18,23,37H,6-11H2,1H3. The summed E-state index contributed by atoms with van der Waals surface area (Å²) in [4.78, 5) is 34.9. The summed E-state index contributed by atoms with van der Waals surface area (Å²) in [6.45, 7) is 1.89. The zero-order chi connectivity index (χ0) is 26.5. The van der Waals surface area contributed by atoms with Gasteiger partial charge in [-0.15, -0.1) is 12.6 Å². The number of likely N-dealkylation sites (tertiary alicyclic amines) is 1. The van der Waals surface area contributed by atoms with E-state index in [0.717, 1.165) is 37.0 Å². The van der Waals surface area contributed by atoms with Gasteiger partial charge in [-0.25, -0.2) is 4.98 Å². The molecule has 3 heterocycles. The third-order valence-electron chi connectivity index (χ3n) is 7.27. The maximum Gasteiger partial charge on any atom is 0.419 e. The highest BCUT2D eigenvalue weighted by atomic mass is 32.1. The van der Waals surface area contributed by atoms with Crippen molar-refractivity contribution in [2.75, 3.05) is 29.9 Å². The first-order valence-corrected chi connectivity index (χ1v) is 12.3. The monoisotopic (exact) mass is 531 g/mol.